The smallest absolute Gasteiger partial charge is 0.319 e. The summed E-state index contributed by atoms with van der Waals surface area (Å²) in [6, 6.07) is 7.66. The molecule has 0 aliphatic carbocycles. The van der Waals surface area contributed by atoms with Crippen molar-refractivity contribution in [1.82, 2.24) is 9.97 Å². The molecule has 0 aliphatic heterocycles. The second-order valence-corrected chi connectivity index (χ2v) is 6.80. The lowest BCUT2D eigenvalue weighted by molar-refractivity contribution is -0.140. The molecule has 0 saturated heterocycles. The normalized spacial score (nSPS) is 12.2. The number of ether oxygens (including phenoxy) is 2. The molecule has 8 nitrogen and oxygen atoms in total. The van der Waals surface area contributed by atoms with Crippen LogP contribution in [0.5, 0.6) is 11.6 Å². The van der Waals surface area contributed by atoms with E-state index in [0.717, 1.165) is 11.8 Å². The fourth-order valence-corrected chi connectivity index (χ4v) is 2.73. The molecule has 1 heterocycles. The Labute approximate surface area is 164 Å². The van der Waals surface area contributed by atoms with Crippen LogP contribution in [-0.4, -0.2) is 48.6 Å². The standard InChI is InChI=1S/C20H26N4O4/c1-12(2)14-8-7-9-15(10-14)28-19-17(16(11-21-26)20(25)27-6)18(24(4)5)22-13(3)23-19/h7-12,16,26H,1-6H3/b21-11-. The maximum absolute atomic E-state index is 12.4. The number of benzene rings is 1. The summed E-state index contributed by atoms with van der Waals surface area (Å²) in [5.74, 6) is 0.416. The number of carbonyl (C=O) groups excluding carboxylic acids is 1. The van der Waals surface area contributed by atoms with E-state index in [1.165, 1.54) is 7.11 Å². The number of hydrogen-bond acceptors (Lipinski definition) is 8. The molecule has 150 valence electrons. The topological polar surface area (TPSA) is 97.1 Å². The van der Waals surface area contributed by atoms with Crippen molar-refractivity contribution in [3.05, 3.63) is 41.2 Å². The van der Waals surface area contributed by atoms with Crippen molar-refractivity contribution in [1.29, 1.82) is 0 Å². The number of nitrogens with zero attached hydrogens (tertiary/aromatic N) is 4. The van der Waals surface area contributed by atoms with Gasteiger partial charge in [-0.05, 0) is 30.5 Å². The lowest BCUT2D eigenvalue weighted by atomic mass is 10.0. The molecule has 0 amide bonds. The Balaban J connectivity index is 2.65. The predicted molar refractivity (Wildman–Crippen MR) is 107 cm³/mol. The van der Waals surface area contributed by atoms with E-state index >= 15 is 0 Å². The summed E-state index contributed by atoms with van der Waals surface area (Å²) in [4.78, 5) is 22.9. The first-order chi connectivity index (χ1) is 13.3. The Morgan fingerprint density at radius 2 is 2.00 bits per heavy atom. The molecule has 8 heteroatoms. The second kappa shape index (κ2) is 9.16. The van der Waals surface area contributed by atoms with Gasteiger partial charge in [-0.15, -0.1) is 5.16 Å². The number of methoxy groups -OCH3 is 1. The van der Waals surface area contributed by atoms with Crippen LogP contribution in [0.3, 0.4) is 0 Å². The van der Waals surface area contributed by atoms with Gasteiger partial charge in [-0.1, -0.05) is 26.0 Å². The van der Waals surface area contributed by atoms with Crippen LogP contribution in [0, 0.1) is 6.92 Å². The molecule has 1 atom stereocenters. The number of anilines is 1. The molecule has 0 radical (unpaired) electrons. The largest absolute Gasteiger partial charge is 0.468 e. The quantitative estimate of drug-likeness (QED) is 0.337. The maximum Gasteiger partial charge on any atom is 0.319 e. The van der Waals surface area contributed by atoms with E-state index in [4.69, 9.17) is 14.7 Å². The monoisotopic (exact) mass is 386 g/mol. The minimum absolute atomic E-state index is 0.201. The highest BCUT2D eigenvalue weighted by molar-refractivity contribution is 5.98. The highest BCUT2D eigenvalue weighted by Crippen LogP contribution is 2.36. The molecule has 0 saturated carbocycles. The summed E-state index contributed by atoms with van der Waals surface area (Å²) in [5, 5.41) is 12.1. The molecule has 0 bridgehead atoms. The third-order valence-corrected chi connectivity index (χ3v) is 4.15. The first-order valence-corrected chi connectivity index (χ1v) is 8.87. The Hall–Kier alpha value is -3.16. The number of aryl methyl sites for hydroxylation is 1. The first kappa shape index (κ1) is 21.1. The van der Waals surface area contributed by atoms with Gasteiger partial charge in [0.15, 0.2) is 0 Å². The predicted octanol–water partition coefficient (Wildman–Crippen LogP) is 3.48. The van der Waals surface area contributed by atoms with E-state index < -0.39 is 11.9 Å². The molecule has 2 aromatic rings. The zero-order chi connectivity index (χ0) is 20.8. The van der Waals surface area contributed by atoms with Gasteiger partial charge in [0.2, 0.25) is 5.88 Å². The Morgan fingerprint density at radius 3 is 2.57 bits per heavy atom. The molecule has 1 N–H and O–H groups in total. The number of carbonyl (C=O) groups is 1. The van der Waals surface area contributed by atoms with Crippen LogP contribution in [0.1, 0.15) is 42.6 Å². The van der Waals surface area contributed by atoms with E-state index in [1.54, 1.807) is 25.9 Å². The molecular formula is C20H26N4O4. The van der Waals surface area contributed by atoms with E-state index in [-0.39, 0.29) is 5.88 Å². The van der Waals surface area contributed by atoms with Gasteiger partial charge in [0.25, 0.3) is 0 Å². The highest BCUT2D eigenvalue weighted by atomic mass is 16.5. The molecule has 28 heavy (non-hydrogen) atoms. The number of hydrogen-bond donors (Lipinski definition) is 1. The van der Waals surface area contributed by atoms with Crippen LogP contribution >= 0.6 is 0 Å². The van der Waals surface area contributed by atoms with Crippen LogP contribution in [0.4, 0.5) is 5.82 Å². The summed E-state index contributed by atoms with van der Waals surface area (Å²) >= 11 is 0. The van der Waals surface area contributed by atoms with Crippen LogP contribution in [-0.2, 0) is 9.53 Å². The number of esters is 1. The molecule has 1 aromatic carbocycles. The minimum atomic E-state index is -1.03. The number of oxime groups is 1. The molecule has 0 spiro atoms. The fourth-order valence-electron chi connectivity index (χ4n) is 2.73. The van der Waals surface area contributed by atoms with Crippen molar-refractivity contribution in [2.75, 3.05) is 26.1 Å². The van der Waals surface area contributed by atoms with Gasteiger partial charge < -0.3 is 19.6 Å². The molecule has 2 rings (SSSR count). The second-order valence-electron chi connectivity index (χ2n) is 6.80. The van der Waals surface area contributed by atoms with E-state index in [0.29, 0.717) is 28.9 Å². The summed E-state index contributed by atoms with van der Waals surface area (Å²) in [7, 11) is 4.84. The summed E-state index contributed by atoms with van der Waals surface area (Å²) < 4.78 is 10.9. The van der Waals surface area contributed by atoms with Crippen LogP contribution < -0.4 is 9.64 Å². The van der Waals surface area contributed by atoms with Crippen molar-refractivity contribution in [3.8, 4) is 11.6 Å². The third kappa shape index (κ3) is 4.76. The van der Waals surface area contributed by atoms with E-state index in [2.05, 4.69) is 29.0 Å². The molecule has 0 fully saturated rings. The first-order valence-electron chi connectivity index (χ1n) is 8.87. The van der Waals surface area contributed by atoms with Gasteiger partial charge in [0.05, 0.1) is 18.9 Å². The van der Waals surface area contributed by atoms with E-state index in [9.17, 15) is 4.79 Å². The lowest BCUT2D eigenvalue weighted by Crippen LogP contribution is -2.23. The van der Waals surface area contributed by atoms with Crippen LogP contribution in [0.25, 0.3) is 0 Å². The van der Waals surface area contributed by atoms with Crippen molar-refractivity contribution >= 4 is 18.0 Å². The van der Waals surface area contributed by atoms with Crippen molar-refractivity contribution in [2.45, 2.75) is 32.6 Å². The van der Waals surface area contributed by atoms with Crippen LogP contribution in [0.2, 0.25) is 0 Å². The number of rotatable bonds is 7. The fraction of sp³-hybridized carbons (Fsp3) is 0.400. The van der Waals surface area contributed by atoms with Crippen LogP contribution in [0.15, 0.2) is 29.4 Å². The molecule has 1 aromatic heterocycles. The summed E-state index contributed by atoms with van der Waals surface area (Å²) in [6.07, 6.45) is 1.07. The Kier molecular flexibility index (Phi) is 6.92. The van der Waals surface area contributed by atoms with Crippen molar-refractivity contribution in [3.63, 3.8) is 0 Å². The van der Waals surface area contributed by atoms with Gasteiger partial charge in [-0.2, -0.15) is 4.98 Å². The average Bonchev–Trinajstić information content (AvgIpc) is 2.65. The zero-order valence-corrected chi connectivity index (χ0v) is 17.0. The maximum atomic E-state index is 12.4. The van der Waals surface area contributed by atoms with Gasteiger partial charge in [-0.25, -0.2) is 4.98 Å². The Bertz CT molecular complexity index is 865. The van der Waals surface area contributed by atoms with Crippen molar-refractivity contribution in [2.24, 2.45) is 5.16 Å². The SMILES string of the molecule is COC(=O)C(/C=N\O)c1c(Oc2cccc(C(C)C)c2)nc(C)nc1N(C)C. The van der Waals surface area contributed by atoms with Gasteiger partial charge in [0, 0.05) is 14.1 Å². The third-order valence-electron chi connectivity index (χ3n) is 4.15. The Morgan fingerprint density at radius 1 is 1.29 bits per heavy atom. The lowest BCUT2D eigenvalue weighted by Gasteiger charge is -2.22. The minimum Gasteiger partial charge on any atom is -0.468 e. The van der Waals surface area contributed by atoms with Crippen molar-refractivity contribution < 1.29 is 19.5 Å². The average molecular weight is 386 g/mol. The molecule has 1 unspecified atom stereocenters. The molecular weight excluding hydrogens is 360 g/mol. The van der Waals surface area contributed by atoms with E-state index in [1.807, 2.05) is 24.3 Å². The molecule has 0 aliphatic rings. The van der Waals surface area contributed by atoms with Gasteiger partial charge in [0.1, 0.15) is 23.3 Å². The van der Waals surface area contributed by atoms with Gasteiger partial charge in [-0.3, -0.25) is 4.79 Å². The highest BCUT2D eigenvalue weighted by Gasteiger charge is 2.30. The zero-order valence-electron chi connectivity index (χ0n) is 17.0. The number of aromatic nitrogens is 2. The summed E-state index contributed by atoms with van der Waals surface area (Å²) in [5.41, 5.74) is 1.47. The van der Waals surface area contributed by atoms with Gasteiger partial charge >= 0.3 is 5.97 Å². The summed E-state index contributed by atoms with van der Waals surface area (Å²) in [6.45, 7) is 5.92.